The van der Waals surface area contributed by atoms with Gasteiger partial charge < -0.3 is 4.74 Å². The number of nitro benzene ring substituents is 1. The van der Waals surface area contributed by atoms with Crippen molar-refractivity contribution in [1.82, 2.24) is 0 Å². The Kier molecular flexibility index (Phi) is 5.08. The van der Waals surface area contributed by atoms with Gasteiger partial charge >= 0.3 is 0 Å². The van der Waals surface area contributed by atoms with Crippen LogP contribution in [0.3, 0.4) is 0 Å². The third-order valence-electron chi connectivity index (χ3n) is 1.72. The van der Waals surface area contributed by atoms with Crippen LogP contribution in [0, 0.1) is 10.1 Å². The van der Waals surface area contributed by atoms with Crippen LogP contribution in [0.1, 0.15) is 0 Å². The molecular weight excluding hydrogens is 253 g/mol. The molecule has 0 aromatic heterocycles. The molecule has 0 aliphatic heterocycles. The van der Waals surface area contributed by atoms with Gasteiger partial charge in [-0.2, -0.15) is 0 Å². The normalized spacial score (nSPS) is 10.6. The van der Waals surface area contributed by atoms with E-state index in [4.69, 9.17) is 27.9 Å². The molecule has 0 amide bonds. The molecule has 0 bridgehead atoms. The SMILES string of the molecule is O=[N+]([O-])c1ccc(OCC=CCCl)cc1Cl. The number of allylic oxidation sites excluding steroid dienone is 1. The second-order valence-electron chi connectivity index (χ2n) is 2.81. The highest BCUT2D eigenvalue weighted by Crippen LogP contribution is 2.28. The van der Waals surface area contributed by atoms with Crippen LogP contribution in [0.2, 0.25) is 5.02 Å². The van der Waals surface area contributed by atoms with Gasteiger partial charge in [0.05, 0.1) is 4.92 Å². The van der Waals surface area contributed by atoms with Crippen molar-refractivity contribution in [3.05, 3.63) is 45.5 Å². The average Bonchev–Trinajstić information content (AvgIpc) is 2.24. The summed E-state index contributed by atoms with van der Waals surface area (Å²) in [6, 6.07) is 4.22. The van der Waals surface area contributed by atoms with Crippen molar-refractivity contribution in [2.24, 2.45) is 0 Å². The minimum Gasteiger partial charge on any atom is -0.489 e. The lowest BCUT2D eigenvalue weighted by Gasteiger charge is -2.03. The zero-order chi connectivity index (χ0) is 12.0. The molecule has 0 fully saturated rings. The van der Waals surface area contributed by atoms with Crippen LogP contribution in [-0.4, -0.2) is 17.4 Å². The molecule has 0 saturated carbocycles. The van der Waals surface area contributed by atoms with E-state index in [1.165, 1.54) is 18.2 Å². The molecule has 0 spiro atoms. The van der Waals surface area contributed by atoms with Crippen LogP contribution < -0.4 is 4.74 Å². The predicted octanol–water partition coefficient (Wildman–Crippen LogP) is 3.42. The van der Waals surface area contributed by atoms with Gasteiger partial charge in [0.15, 0.2) is 0 Å². The molecule has 0 radical (unpaired) electrons. The topological polar surface area (TPSA) is 52.4 Å². The molecule has 0 N–H and O–H groups in total. The summed E-state index contributed by atoms with van der Waals surface area (Å²) in [6.45, 7) is 0.348. The molecule has 1 aromatic rings. The first-order valence-electron chi connectivity index (χ1n) is 4.43. The summed E-state index contributed by atoms with van der Waals surface area (Å²) in [5, 5.41) is 10.5. The molecule has 6 heteroatoms. The maximum atomic E-state index is 10.5. The molecule has 1 aromatic carbocycles. The highest BCUT2D eigenvalue weighted by atomic mass is 35.5. The van der Waals surface area contributed by atoms with Crippen molar-refractivity contribution in [3.8, 4) is 5.75 Å². The van der Waals surface area contributed by atoms with Crippen molar-refractivity contribution in [2.75, 3.05) is 12.5 Å². The molecule has 16 heavy (non-hydrogen) atoms. The van der Waals surface area contributed by atoms with E-state index in [-0.39, 0.29) is 10.7 Å². The van der Waals surface area contributed by atoms with E-state index in [1.54, 1.807) is 12.2 Å². The summed E-state index contributed by atoms with van der Waals surface area (Å²) in [6.07, 6.45) is 3.50. The van der Waals surface area contributed by atoms with Crippen molar-refractivity contribution < 1.29 is 9.66 Å². The number of alkyl halides is 1. The van der Waals surface area contributed by atoms with E-state index in [2.05, 4.69) is 0 Å². The van der Waals surface area contributed by atoms with Crippen molar-refractivity contribution in [3.63, 3.8) is 0 Å². The van der Waals surface area contributed by atoms with Crippen molar-refractivity contribution in [1.29, 1.82) is 0 Å². The Labute approximate surface area is 103 Å². The number of ether oxygens (including phenoxy) is 1. The van der Waals surface area contributed by atoms with Gasteiger partial charge in [0.2, 0.25) is 0 Å². The molecule has 0 heterocycles. The summed E-state index contributed by atoms with van der Waals surface area (Å²) in [5.41, 5.74) is -0.134. The Morgan fingerprint density at radius 3 is 2.75 bits per heavy atom. The van der Waals surface area contributed by atoms with E-state index in [9.17, 15) is 10.1 Å². The quantitative estimate of drug-likeness (QED) is 0.353. The Hall–Kier alpha value is -1.26. The van der Waals surface area contributed by atoms with Gasteiger partial charge in [0, 0.05) is 18.0 Å². The summed E-state index contributed by atoms with van der Waals surface area (Å²) >= 11 is 11.1. The van der Waals surface area contributed by atoms with Crippen LogP contribution in [0.4, 0.5) is 5.69 Å². The smallest absolute Gasteiger partial charge is 0.288 e. The van der Waals surface area contributed by atoms with Gasteiger partial charge in [0.1, 0.15) is 17.4 Å². The molecule has 0 saturated heterocycles. The fraction of sp³-hybridized carbons (Fsp3) is 0.200. The molecule has 86 valence electrons. The van der Waals surface area contributed by atoms with Crippen LogP contribution in [0.25, 0.3) is 0 Å². The van der Waals surface area contributed by atoms with Crippen LogP contribution in [0.15, 0.2) is 30.4 Å². The second-order valence-corrected chi connectivity index (χ2v) is 3.52. The number of nitro groups is 1. The number of nitrogens with zero attached hydrogens (tertiary/aromatic N) is 1. The molecule has 1 rings (SSSR count). The number of hydrogen-bond acceptors (Lipinski definition) is 3. The van der Waals surface area contributed by atoms with Crippen LogP contribution in [-0.2, 0) is 0 Å². The van der Waals surface area contributed by atoms with Gasteiger partial charge in [-0.25, -0.2) is 0 Å². The molecular formula is C10H9Cl2NO3. The molecule has 0 aliphatic rings. The average molecular weight is 262 g/mol. The Morgan fingerprint density at radius 1 is 1.44 bits per heavy atom. The molecule has 0 atom stereocenters. The van der Waals surface area contributed by atoms with Crippen molar-refractivity contribution >= 4 is 28.9 Å². The zero-order valence-corrected chi connectivity index (χ0v) is 9.74. The lowest BCUT2D eigenvalue weighted by molar-refractivity contribution is -0.384. The second kappa shape index (κ2) is 6.35. The number of rotatable bonds is 5. The van der Waals surface area contributed by atoms with Crippen molar-refractivity contribution in [2.45, 2.75) is 0 Å². The number of benzene rings is 1. The lowest BCUT2D eigenvalue weighted by atomic mass is 10.3. The minimum absolute atomic E-state index is 0.0591. The maximum Gasteiger partial charge on any atom is 0.288 e. The van der Waals surface area contributed by atoms with Gasteiger partial charge in [-0.3, -0.25) is 10.1 Å². The monoisotopic (exact) mass is 261 g/mol. The third kappa shape index (κ3) is 3.72. The van der Waals surface area contributed by atoms with Gasteiger partial charge in [-0.05, 0) is 6.07 Å². The molecule has 4 nitrogen and oxygen atoms in total. The fourth-order valence-electron chi connectivity index (χ4n) is 1.00. The first-order chi connectivity index (χ1) is 7.65. The first kappa shape index (κ1) is 12.8. The largest absolute Gasteiger partial charge is 0.489 e. The van der Waals surface area contributed by atoms with Crippen LogP contribution in [0.5, 0.6) is 5.75 Å². The van der Waals surface area contributed by atoms with Gasteiger partial charge in [-0.1, -0.05) is 23.8 Å². The minimum atomic E-state index is -0.542. The van der Waals surface area contributed by atoms with E-state index < -0.39 is 4.92 Å². The van der Waals surface area contributed by atoms with E-state index in [0.717, 1.165) is 0 Å². The zero-order valence-electron chi connectivity index (χ0n) is 8.23. The van der Waals surface area contributed by atoms with Gasteiger partial charge in [0.25, 0.3) is 5.69 Å². The summed E-state index contributed by atoms with van der Waals surface area (Å²) < 4.78 is 5.27. The summed E-state index contributed by atoms with van der Waals surface area (Å²) in [4.78, 5) is 9.94. The predicted molar refractivity (Wildman–Crippen MR) is 63.5 cm³/mol. The Balaban J connectivity index is 2.66. The summed E-state index contributed by atoms with van der Waals surface area (Å²) in [7, 11) is 0. The van der Waals surface area contributed by atoms with E-state index >= 15 is 0 Å². The first-order valence-corrected chi connectivity index (χ1v) is 5.34. The Bertz CT molecular complexity index is 407. The molecule has 0 unspecified atom stereocenters. The molecule has 0 aliphatic carbocycles. The standard InChI is InChI=1S/C10H9Cl2NO3/c11-5-1-2-6-16-8-3-4-10(13(14)15)9(12)7-8/h1-4,7H,5-6H2. The summed E-state index contributed by atoms with van der Waals surface area (Å²) in [5.74, 6) is 0.902. The number of hydrogen-bond donors (Lipinski definition) is 0. The maximum absolute atomic E-state index is 10.5. The van der Waals surface area contributed by atoms with Gasteiger partial charge in [-0.15, -0.1) is 11.6 Å². The van der Waals surface area contributed by atoms with E-state index in [1.807, 2.05) is 0 Å². The van der Waals surface area contributed by atoms with E-state index in [0.29, 0.717) is 18.2 Å². The third-order valence-corrected chi connectivity index (χ3v) is 2.20. The van der Waals surface area contributed by atoms with Crippen LogP contribution >= 0.6 is 23.2 Å². The lowest BCUT2D eigenvalue weighted by Crippen LogP contribution is -1.95. The highest BCUT2D eigenvalue weighted by Gasteiger charge is 2.12. The Morgan fingerprint density at radius 2 is 2.19 bits per heavy atom. The number of halogens is 2. The highest BCUT2D eigenvalue weighted by molar-refractivity contribution is 6.32. The fourth-order valence-corrected chi connectivity index (χ4v) is 1.37.